The fourth-order valence-electron chi connectivity index (χ4n) is 5.05. The number of carbonyl (C=O) groups excluding carboxylic acids is 1. The zero-order valence-corrected chi connectivity index (χ0v) is 19.4. The molecule has 0 aliphatic carbocycles. The van der Waals surface area contributed by atoms with Gasteiger partial charge in [-0.05, 0) is 55.0 Å². The Kier molecular flexibility index (Phi) is 4.93. The SMILES string of the molecule is CCOc1ccc2c(c1)Oc1cc(O)ccc1C21c2ccccc2C(=O)N1/N=C/c1cccc(O)c1. The molecule has 2 heterocycles. The van der Waals surface area contributed by atoms with Gasteiger partial charge in [-0.15, -0.1) is 0 Å². The van der Waals surface area contributed by atoms with Gasteiger partial charge in [0.25, 0.3) is 5.91 Å². The molecule has 2 N–H and O–H groups in total. The predicted molar refractivity (Wildman–Crippen MR) is 134 cm³/mol. The zero-order valence-electron chi connectivity index (χ0n) is 19.4. The second kappa shape index (κ2) is 8.16. The number of phenolic OH excluding ortho intramolecular Hbond substituents is 2. The fourth-order valence-corrected chi connectivity index (χ4v) is 5.05. The molecule has 0 saturated carbocycles. The molecule has 1 atom stereocenters. The van der Waals surface area contributed by atoms with Crippen LogP contribution in [0.4, 0.5) is 0 Å². The molecule has 0 radical (unpaired) electrons. The van der Waals surface area contributed by atoms with Crippen LogP contribution in [0.1, 0.15) is 39.5 Å². The lowest BCUT2D eigenvalue weighted by molar-refractivity contribution is 0.0675. The van der Waals surface area contributed by atoms with E-state index in [0.717, 1.165) is 11.1 Å². The maximum absolute atomic E-state index is 13.9. The van der Waals surface area contributed by atoms with E-state index < -0.39 is 5.54 Å². The van der Waals surface area contributed by atoms with Gasteiger partial charge in [0.05, 0.1) is 12.8 Å². The third-order valence-electron chi connectivity index (χ3n) is 6.48. The van der Waals surface area contributed by atoms with Crippen molar-refractivity contribution in [3.63, 3.8) is 0 Å². The minimum atomic E-state index is -1.15. The number of carbonyl (C=O) groups is 1. The summed E-state index contributed by atoms with van der Waals surface area (Å²) in [7, 11) is 0. The quantitative estimate of drug-likeness (QED) is 0.384. The van der Waals surface area contributed by atoms with Crippen molar-refractivity contribution >= 4 is 12.1 Å². The number of hydrazone groups is 1. The second-order valence-corrected chi connectivity index (χ2v) is 8.59. The molecule has 4 aromatic carbocycles. The van der Waals surface area contributed by atoms with Gasteiger partial charge < -0.3 is 19.7 Å². The highest BCUT2D eigenvalue weighted by Gasteiger charge is 2.57. The smallest absolute Gasteiger partial charge is 0.275 e. The molecule has 36 heavy (non-hydrogen) atoms. The molecule has 1 spiro atoms. The largest absolute Gasteiger partial charge is 0.508 e. The highest BCUT2D eigenvalue weighted by molar-refractivity contribution is 6.02. The first-order valence-electron chi connectivity index (χ1n) is 11.6. The number of hydrogen-bond donors (Lipinski definition) is 2. The van der Waals surface area contributed by atoms with E-state index in [1.165, 1.54) is 11.1 Å². The van der Waals surface area contributed by atoms with Crippen LogP contribution in [0, 0.1) is 0 Å². The average Bonchev–Trinajstić information content (AvgIpc) is 3.11. The molecule has 2 aliphatic rings. The summed E-state index contributed by atoms with van der Waals surface area (Å²) in [5, 5.41) is 26.3. The number of fused-ring (bicyclic) bond motifs is 6. The predicted octanol–water partition coefficient (Wildman–Crippen LogP) is 5.38. The third-order valence-corrected chi connectivity index (χ3v) is 6.48. The molecule has 1 unspecified atom stereocenters. The van der Waals surface area contributed by atoms with Crippen LogP contribution in [0.3, 0.4) is 0 Å². The maximum atomic E-state index is 13.9. The second-order valence-electron chi connectivity index (χ2n) is 8.59. The summed E-state index contributed by atoms with van der Waals surface area (Å²) in [6.07, 6.45) is 1.55. The van der Waals surface area contributed by atoms with Crippen LogP contribution in [0.5, 0.6) is 28.7 Å². The van der Waals surface area contributed by atoms with Crippen LogP contribution >= 0.6 is 0 Å². The van der Waals surface area contributed by atoms with Crippen molar-refractivity contribution < 1.29 is 24.5 Å². The molecule has 6 rings (SSSR count). The van der Waals surface area contributed by atoms with E-state index in [1.807, 2.05) is 37.3 Å². The Balaban J connectivity index is 1.65. The van der Waals surface area contributed by atoms with E-state index in [1.54, 1.807) is 54.7 Å². The molecule has 2 aliphatic heterocycles. The van der Waals surface area contributed by atoms with E-state index in [0.29, 0.717) is 40.5 Å². The van der Waals surface area contributed by atoms with Gasteiger partial charge in [0.1, 0.15) is 34.3 Å². The first-order chi connectivity index (χ1) is 17.5. The summed E-state index contributed by atoms with van der Waals surface area (Å²) in [6.45, 7) is 2.39. The lowest BCUT2D eigenvalue weighted by Gasteiger charge is -2.41. The topological polar surface area (TPSA) is 91.6 Å². The molecule has 4 aromatic rings. The van der Waals surface area contributed by atoms with Crippen molar-refractivity contribution in [2.75, 3.05) is 6.61 Å². The molecule has 0 bridgehead atoms. The number of nitrogens with zero attached hydrogens (tertiary/aromatic N) is 2. The summed E-state index contributed by atoms with van der Waals surface area (Å²) < 4.78 is 12.0. The third kappa shape index (κ3) is 3.13. The van der Waals surface area contributed by atoms with Gasteiger partial charge in [-0.2, -0.15) is 5.10 Å². The summed E-state index contributed by atoms with van der Waals surface area (Å²) in [6, 6.07) is 24.5. The molecule has 7 nitrogen and oxygen atoms in total. The Morgan fingerprint density at radius 1 is 0.889 bits per heavy atom. The van der Waals surface area contributed by atoms with Crippen molar-refractivity contribution in [3.05, 3.63) is 113 Å². The van der Waals surface area contributed by atoms with Crippen LogP contribution in [-0.2, 0) is 5.54 Å². The van der Waals surface area contributed by atoms with E-state index in [-0.39, 0.29) is 17.4 Å². The first-order valence-corrected chi connectivity index (χ1v) is 11.6. The van der Waals surface area contributed by atoms with Crippen molar-refractivity contribution in [3.8, 4) is 28.7 Å². The molecule has 1 amide bonds. The van der Waals surface area contributed by atoms with E-state index >= 15 is 0 Å². The van der Waals surface area contributed by atoms with Gasteiger partial charge in [-0.1, -0.05) is 30.3 Å². The number of benzene rings is 4. The molecular formula is C29H22N2O5. The van der Waals surface area contributed by atoms with Gasteiger partial charge in [-0.3, -0.25) is 4.79 Å². The minimum absolute atomic E-state index is 0.0423. The van der Waals surface area contributed by atoms with Crippen LogP contribution in [0.2, 0.25) is 0 Å². The lowest BCUT2D eigenvalue weighted by atomic mass is 9.75. The lowest BCUT2D eigenvalue weighted by Crippen LogP contribution is -2.44. The Labute approximate surface area is 207 Å². The van der Waals surface area contributed by atoms with Crippen molar-refractivity contribution in [1.82, 2.24) is 5.01 Å². The van der Waals surface area contributed by atoms with Crippen LogP contribution < -0.4 is 9.47 Å². The van der Waals surface area contributed by atoms with Crippen molar-refractivity contribution in [1.29, 1.82) is 0 Å². The van der Waals surface area contributed by atoms with Crippen LogP contribution in [0.15, 0.2) is 90.0 Å². The van der Waals surface area contributed by atoms with Crippen LogP contribution in [-0.4, -0.2) is 34.0 Å². The zero-order chi connectivity index (χ0) is 24.9. The summed E-state index contributed by atoms with van der Waals surface area (Å²) in [5.74, 6) is 1.41. The van der Waals surface area contributed by atoms with Gasteiger partial charge >= 0.3 is 0 Å². The Morgan fingerprint density at radius 2 is 1.64 bits per heavy atom. The number of rotatable bonds is 4. The average molecular weight is 479 g/mol. The minimum Gasteiger partial charge on any atom is -0.508 e. The Bertz CT molecular complexity index is 1550. The van der Waals surface area contributed by atoms with Gasteiger partial charge in [0.15, 0.2) is 0 Å². The summed E-state index contributed by atoms with van der Waals surface area (Å²) >= 11 is 0. The van der Waals surface area contributed by atoms with Crippen LogP contribution in [0.25, 0.3) is 0 Å². The number of phenols is 2. The van der Waals surface area contributed by atoms with Crippen molar-refractivity contribution in [2.45, 2.75) is 12.5 Å². The molecule has 0 fully saturated rings. The molecule has 178 valence electrons. The number of hydrogen-bond acceptors (Lipinski definition) is 6. The van der Waals surface area contributed by atoms with Gasteiger partial charge in [0, 0.05) is 34.4 Å². The van der Waals surface area contributed by atoms with Gasteiger partial charge in [0.2, 0.25) is 0 Å². The monoisotopic (exact) mass is 478 g/mol. The Hall–Kier alpha value is -4.78. The molecular weight excluding hydrogens is 456 g/mol. The maximum Gasteiger partial charge on any atom is 0.275 e. The number of ether oxygens (including phenoxy) is 2. The number of aromatic hydroxyl groups is 2. The molecule has 7 heteroatoms. The van der Waals surface area contributed by atoms with E-state index in [9.17, 15) is 15.0 Å². The van der Waals surface area contributed by atoms with Crippen molar-refractivity contribution in [2.24, 2.45) is 5.10 Å². The summed E-state index contributed by atoms with van der Waals surface area (Å²) in [5.41, 5.74) is 2.15. The van der Waals surface area contributed by atoms with E-state index in [2.05, 4.69) is 5.10 Å². The fraction of sp³-hybridized carbons (Fsp3) is 0.103. The van der Waals surface area contributed by atoms with E-state index in [4.69, 9.17) is 9.47 Å². The highest BCUT2D eigenvalue weighted by atomic mass is 16.5. The molecule has 0 aromatic heterocycles. The first kappa shape index (κ1) is 21.7. The standard InChI is InChI=1S/C29H22N2O5/c1-2-35-21-11-13-25-27(16-21)36-26-15-20(33)10-12-24(26)29(25)23-9-4-3-8-22(23)28(34)31(29)30-17-18-6-5-7-19(32)14-18/h3-17,32-33H,2H2,1H3/b30-17+. The van der Waals surface area contributed by atoms with Gasteiger partial charge in [-0.25, -0.2) is 5.01 Å². The number of amides is 1. The normalized spacial score (nSPS) is 17.6. The highest BCUT2D eigenvalue weighted by Crippen LogP contribution is 2.58. The summed E-state index contributed by atoms with van der Waals surface area (Å²) in [4.78, 5) is 13.9. The molecule has 0 saturated heterocycles. The Morgan fingerprint density at radius 3 is 2.44 bits per heavy atom.